The number of halogens is 2. The standard InChI is InChI=1S/C23H30F2O3/c1-5-18(27)20-12(2)8-14-15-10-17(24)16-9-13(26)6-7-22(16,4)23(15,25)19(28)11-21(14,20)3/h6-7,9,12,14-15,17,19-20,28H,5,8,10-11H2,1-4H3/t12-,14+,15+,17+,19+,20-,21+,22+,23+/m1/s1. The molecule has 0 aromatic heterocycles. The van der Waals surface area contributed by atoms with Gasteiger partial charge in [0, 0.05) is 23.7 Å². The van der Waals surface area contributed by atoms with Gasteiger partial charge in [-0.1, -0.05) is 26.8 Å². The zero-order chi connectivity index (χ0) is 20.6. The molecule has 4 rings (SSSR count). The second-order valence-corrected chi connectivity index (χ2v) is 9.96. The van der Waals surface area contributed by atoms with E-state index in [1.165, 1.54) is 18.2 Å². The van der Waals surface area contributed by atoms with Crippen molar-refractivity contribution >= 4 is 11.6 Å². The zero-order valence-corrected chi connectivity index (χ0v) is 17.0. The molecule has 3 nitrogen and oxygen atoms in total. The van der Waals surface area contributed by atoms with E-state index in [0.29, 0.717) is 12.8 Å². The molecule has 0 bridgehead atoms. The van der Waals surface area contributed by atoms with Gasteiger partial charge in [-0.15, -0.1) is 0 Å². The van der Waals surface area contributed by atoms with Crippen LogP contribution < -0.4 is 0 Å². The predicted octanol–water partition coefficient (Wildman–Crippen LogP) is 4.15. The molecule has 0 spiro atoms. The fraction of sp³-hybridized carbons (Fsp3) is 0.739. The van der Waals surface area contributed by atoms with Crippen LogP contribution in [0.4, 0.5) is 8.78 Å². The summed E-state index contributed by atoms with van der Waals surface area (Å²) in [5.41, 5.74) is -3.78. The first-order chi connectivity index (χ1) is 13.0. The third-order valence-corrected chi connectivity index (χ3v) is 8.66. The largest absolute Gasteiger partial charge is 0.390 e. The van der Waals surface area contributed by atoms with Crippen molar-refractivity contribution in [3.05, 3.63) is 23.8 Å². The first-order valence-corrected chi connectivity index (χ1v) is 10.5. The fourth-order valence-electron chi connectivity index (χ4n) is 7.48. The van der Waals surface area contributed by atoms with Crippen LogP contribution in [0.3, 0.4) is 0 Å². The number of rotatable bonds is 2. The molecule has 0 radical (unpaired) electrons. The van der Waals surface area contributed by atoms with Gasteiger partial charge in [0.15, 0.2) is 11.5 Å². The number of carbonyl (C=O) groups excluding carboxylic acids is 2. The van der Waals surface area contributed by atoms with Crippen molar-refractivity contribution in [3.63, 3.8) is 0 Å². The van der Waals surface area contributed by atoms with Crippen molar-refractivity contribution < 1.29 is 23.5 Å². The molecule has 9 atom stereocenters. The maximum absolute atomic E-state index is 16.9. The van der Waals surface area contributed by atoms with E-state index < -0.39 is 34.7 Å². The van der Waals surface area contributed by atoms with E-state index in [4.69, 9.17) is 0 Å². The number of ketones is 2. The van der Waals surface area contributed by atoms with Crippen molar-refractivity contribution in [2.45, 2.75) is 71.3 Å². The van der Waals surface area contributed by atoms with Crippen LogP contribution in [0.25, 0.3) is 0 Å². The second kappa shape index (κ2) is 6.07. The van der Waals surface area contributed by atoms with E-state index in [1.807, 2.05) is 20.8 Å². The molecule has 4 aliphatic carbocycles. The number of Topliss-reactive ketones (excluding diaryl/α,β-unsaturated/α-hetero) is 1. The van der Waals surface area contributed by atoms with Crippen LogP contribution in [0.15, 0.2) is 23.8 Å². The molecule has 0 amide bonds. The number of allylic oxidation sites excluding steroid dienone is 4. The predicted molar refractivity (Wildman–Crippen MR) is 102 cm³/mol. The van der Waals surface area contributed by atoms with Gasteiger partial charge in [-0.25, -0.2) is 8.78 Å². The smallest absolute Gasteiger partial charge is 0.178 e. The number of carbonyl (C=O) groups is 2. The lowest BCUT2D eigenvalue weighted by Gasteiger charge is -2.62. The van der Waals surface area contributed by atoms with Crippen LogP contribution in [-0.2, 0) is 9.59 Å². The summed E-state index contributed by atoms with van der Waals surface area (Å²) < 4.78 is 32.1. The molecule has 3 fully saturated rings. The summed E-state index contributed by atoms with van der Waals surface area (Å²) in [5, 5.41) is 11.1. The minimum absolute atomic E-state index is 0.0455. The molecule has 0 aromatic rings. The van der Waals surface area contributed by atoms with E-state index in [1.54, 1.807) is 6.92 Å². The third kappa shape index (κ3) is 2.23. The van der Waals surface area contributed by atoms with Gasteiger partial charge in [-0.3, -0.25) is 9.59 Å². The summed E-state index contributed by atoms with van der Waals surface area (Å²) in [6, 6.07) is 0. The Kier molecular flexibility index (Phi) is 4.32. The van der Waals surface area contributed by atoms with Crippen LogP contribution in [0.5, 0.6) is 0 Å². The molecule has 5 heteroatoms. The first-order valence-electron chi connectivity index (χ1n) is 10.5. The molecule has 4 aliphatic rings. The summed E-state index contributed by atoms with van der Waals surface area (Å²) in [4.78, 5) is 24.5. The highest BCUT2D eigenvalue weighted by atomic mass is 19.1. The second-order valence-electron chi connectivity index (χ2n) is 9.96. The SMILES string of the molecule is CCC(=O)[C@H]1[C@H](C)C[C@H]2[C@@H]3C[C@H](F)C4=CC(=O)C=C[C@]4(C)[C@@]3(F)[C@@H](O)C[C@@]21C. The average molecular weight is 392 g/mol. The fourth-order valence-corrected chi connectivity index (χ4v) is 7.48. The molecular weight excluding hydrogens is 362 g/mol. The van der Waals surface area contributed by atoms with Crippen LogP contribution in [0, 0.1) is 34.5 Å². The molecule has 28 heavy (non-hydrogen) atoms. The zero-order valence-electron chi connectivity index (χ0n) is 17.0. The summed E-state index contributed by atoms with van der Waals surface area (Å²) >= 11 is 0. The minimum Gasteiger partial charge on any atom is -0.390 e. The van der Waals surface area contributed by atoms with E-state index in [2.05, 4.69) is 0 Å². The summed E-state index contributed by atoms with van der Waals surface area (Å²) in [7, 11) is 0. The van der Waals surface area contributed by atoms with Gasteiger partial charge in [0.05, 0.1) is 6.10 Å². The molecule has 0 aliphatic heterocycles. The number of hydrogen-bond donors (Lipinski definition) is 1. The highest BCUT2D eigenvalue weighted by molar-refractivity contribution is 6.01. The Morgan fingerprint density at radius 1 is 1.29 bits per heavy atom. The molecule has 154 valence electrons. The summed E-state index contributed by atoms with van der Waals surface area (Å²) in [6.07, 6.45) is 2.46. The van der Waals surface area contributed by atoms with Crippen LogP contribution in [-0.4, -0.2) is 34.6 Å². The number of aliphatic hydroxyl groups excluding tert-OH is 1. The molecule has 3 saturated carbocycles. The molecule has 0 heterocycles. The Balaban J connectivity index is 1.84. The molecule has 1 N–H and O–H groups in total. The Labute approximate surface area is 165 Å². The summed E-state index contributed by atoms with van der Waals surface area (Å²) in [6.45, 7) is 7.46. The normalized spacial score (nSPS) is 52.5. The van der Waals surface area contributed by atoms with Crippen LogP contribution in [0.1, 0.15) is 53.4 Å². The van der Waals surface area contributed by atoms with Gasteiger partial charge >= 0.3 is 0 Å². The van der Waals surface area contributed by atoms with Gasteiger partial charge < -0.3 is 5.11 Å². The van der Waals surface area contributed by atoms with E-state index in [9.17, 15) is 14.7 Å². The Bertz CT molecular complexity index is 789. The maximum Gasteiger partial charge on any atom is 0.178 e. The minimum atomic E-state index is -2.05. The Hall–Kier alpha value is -1.36. The van der Waals surface area contributed by atoms with Crippen molar-refractivity contribution in [2.24, 2.45) is 34.5 Å². The average Bonchev–Trinajstić information content (AvgIpc) is 2.89. The van der Waals surface area contributed by atoms with Crippen molar-refractivity contribution in [3.8, 4) is 0 Å². The monoisotopic (exact) mass is 392 g/mol. The highest BCUT2D eigenvalue weighted by Crippen LogP contribution is 2.70. The number of aliphatic hydroxyl groups is 1. The summed E-state index contributed by atoms with van der Waals surface area (Å²) in [5.74, 6) is -1.18. The number of hydrogen-bond acceptors (Lipinski definition) is 3. The van der Waals surface area contributed by atoms with Gasteiger partial charge in [0.25, 0.3) is 0 Å². The molecule has 0 saturated heterocycles. The van der Waals surface area contributed by atoms with E-state index in [0.717, 1.165) is 0 Å². The van der Waals surface area contributed by atoms with Crippen molar-refractivity contribution in [1.82, 2.24) is 0 Å². The lowest BCUT2D eigenvalue weighted by atomic mass is 9.44. The van der Waals surface area contributed by atoms with Crippen molar-refractivity contribution in [1.29, 1.82) is 0 Å². The molecule has 0 unspecified atom stereocenters. The molecule has 0 aromatic carbocycles. The Morgan fingerprint density at radius 2 is 1.96 bits per heavy atom. The topological polar surface area (TPSA) is 54.4 Å². The first kappa shape index (κ1) is 19.9. The lowest BCUT2D eigenvalue weighted by molar-refractivity contribution is -0.201. The molecular formula is C23H30F2O3. The number of fused-ring (bicyclic) bond motifs is 5. The Morgan fingerprint density at radius 3 is 2.61 bits per heavy atom. The van der Waals surface area contributed by atoms with Gasteiger partial charge in [-0.05, 0) is 61.2 Å². The van der Waals surface area contributed by atoms with E-state index >= 15 is 8.78 Å². The van der Waals surface area contributed by atoms with Crippen LogP contribution in [0.2, 0.25) is 0 Å². The van der Waals surface area contributed by atoms with Gasteiger partial charge in [0.1, 0.15) is 12.0 Å². The maximum atomic E-state index is 16.9. The highest BCUT2D eigenvalue weighted by Gasteiger charge is 2.72. The number of alkyl halides is 2. The van der Waals surface area contributed by atoms with E-state index in [-0.39, 0.29) is 47.7 Å². The quantitative estimate of drug-likeness (QED) is 0.768. The van der Waals surface area contributed by atoms with Gasteiger partial charge in [0.2, 0.25) is 0 Å². The van der Waals surface area contributed by atoms with Crippen LogP contribution >= 0.6 is 0 Å². The van der Waals surface area contributed by atoms with Crippen molar-refractivity contribution in [2.75, 3.05) is 0 Å². The lowest BCUT2D eigenvalue weighted by Crippen LogP contribution is -2.68. The third-order valence-electron chi connectivity index (χ3n) is 8.66. The van der Waals surface area contributed by atoms with Gasteiger partial charge in [-0.2, -0.15) is 0 Å².